The largest absolute Gasteiger partial charge is 0.463 e. The number of nitrogens with zero attached hydrogens (tertiary/aromatic N) is 2. The molecule has 1 aliphatic rings. The maximum absolute atomic E-state index is 12.0. The van der Waals surface area contributed by atoms with Gasteiger partial charge in [0.2, 0.25) is 10.0 Å². The van der Waals surface area contributed by atoms with Crippen molar-refractivity contribution in [2.45, 2.75) is 19.4 Å². The first-order chi connectivity index (χ1) is 9.95. The fraction of sp³-hybridized carbons (Fsp3) is 0.267. The second-order valence-electron chi connectivity index (χ2n) is 5.19. The van der Waals surface area contributed by atoms with Crippen LogP contribution in [0.5, 0.6) is 0 Å². The Morgan fingerprint density at radius 1 is 1.29 bits per heavy atom. The topological polar surface area (TPSA) is 62.9 Å². The number of sulfonamides is 1. The Kier molecular flexibility index (Phi) is 3.33. The highest BCUT2D eigenvalue weighted by molar-refractivity contribution is 7.88. The summed E-state index contributed by atoms with van der Waals surface area (Å²) in [7, 11) is -3.43. The lowest BCUT2D eigenvalue weighted by atomic mass is 10.0. The van der Waals surface area contributed by atoms with Crippen molar-refractivity contribution in [3.05, 3.63) is 59.5 Å². The minimum absolute atomic E-state index is 0.319. The first kappa shape index (κ1) is 13.9. The van der Waals surface area contributed by atoms with Gasteiger partial charge in [-0.15, -0.1) is 0 Å². The highest BCUT2D eigenvalue weighted by Gasteiger charge is 2.35. The second kappa shape index (κ2) is 5.04. The quantitative estimate of drug-likeness (QED) is 0.876. The van der Waals surface area contributed by atoms with E-state index in [1.54, 1.807) is 18.4 Å². The molecule has 1 aromatic carbocycles. The van der Waals surface area contributed by atoms with Gasteiger partial charge in [0.1, 0.15) is 11.5 Å². The van der Waals surface area contributed by atoms with E-state index in [0.29, 0.717) is 17.9 Å². The Balaban J connectivity index is 2.02. The Morgan fingerprint density at radius 2 is 2.10 bits per heavy atom. The molecule has 0 bridgehead atoms. The Morgan fingerprint density at radius 3 is 2.71 bits per heavy atom. The van der Waals surface area contributed by atoms with Crippen LogP contribution in [0.15, 0.2) is 52.2 Å². The number of hydrogen-bond acceptors (Lipinski definition) is 4. The predicted octanol–water partition coefficient (Wildman–Crippen LogP) is 2.70. The maximum Gasteiger partial charge on any atom is 0.247 e. The third-order valence-corrected chi connectivity index (χ3v) is 4.46. The molecule has 110 valence electrons. The lowest BCUT2D eigenvalue weighted by Crippen LogP contribution is -2.25. The summed E-state index contributed by atoms with van der Waals surface area (Å²) in [6.45, 7) is 1.98. The Bertz CT molecular complexity index is 779. The van der Waals surface area contributed by atoms with Gasteiger partial charge in [-0.3, -0.25) is 0 Å². The molecule has 0 amide bonds. The molecular weight excluding hydrogens is 288 g/mol. The molecule has 6 heteroatoms. The van der Waals surface area contributed by atoms with Gasteiger partial charge in [0.05, 0.1) is 18.6 Å². The number of furan rings is 1. The molecule has 2 heterocycles. The Hall–Kier alpha value is -2.08. The molecule has 1 aromatic heterocycles. The van der Waals surface area contributed by atoms with Gasteiger partial charge in [-0.1, -0.05) is 29.8 Å². The molecule has 5 nitrogen and oxygen atoms in total. The standard InChI is InChI=1S/C15H16N2O3S/c1-11-5-3-6-12(9-11)14-10-13(15-7-4-8-20-15)16-17(14)21(2,18)19/h3-9,14H,10H2,1-2H3/t14-/m0/s1. The molecule has 3 rings (SSSR count). The molecule has 21 heavy (non-hydrogen) atoms. The zero-order valence-electron chi connectivity index (χ0n) is 11.9. The summed E-state index contributed by atoms with van der Waals surface area (Å²) in [5, 5.41) is 4.26. The van der Waals surface area contributed by atoms with Crippen LogP contribution in [-0.4, -0.2) is 24.8 Å². The smallest absolute Gasteiger partial charge is 0.247 e. The van der Waals surface area contributed by atoms with E-state index >= 15 is 0 Å². The van der Waals surface area contributed by atoms with Gasteiger partial charge < -0.3 is 4.42 Å². The third kappa shape index (κ3) is 2.71. The van der Waals surface area contributed by atoms with Crippen LogP contribution < -0.4 is 0 Å². The summed E-state index contributed by atoms with van der Waals surface area (Å²) in [4.78, 5) is 0. The van der Waals surface area contributed by atoms with Gasteiger partial charge in [-0.25, -0.2) is 8.42 Å². The molecule has 0 N–H and O–H groups in total. The lowest BCUT2D eigenvalue weighted by molar-refractivity contribution is 0.374. The van der Waals surface area contributed by atoms with Gasteiger partial charge in [-0.05, 0) is 24.6 Å². The molecule has 0 saturated carbocycles. The van der Waals surface area contributed by atoms with Gasteiger partial charge in [0.25, 0.3) is 0 Å². The molecule has 2 aromatic rings. The van der Waals surface area contributed by atoms with E-state index in [1.165, 1.54) is 10.7 Å². The fourth-order valence-electron chi connectivity index (χ4n) is 2.51. The van der Waals surface area contributed by atoms with E-state index in [-0.39, 0.29) is 6.04 Å². The van der Waals surface area contributed by atoms with Crippen LogP contribution in [0.1, 0.15) is 29.3 Å². The zero-order chi connectivity index (χ0) is 15.0. The van der Waals surface area contributed by atoms with Crippen molar-refractivity contribution in [2.75, 3.05) is 6.26 Å². The Labute approximate surface area is 123 Å². The number of aryl methyl sites for hydroxylation is 1. The first-order valence-corrected chi connectivity index (χ1v) is 8.47. The average molecular weight is 304 g/mol. The lowest BCUT2D eigenvalue weighted by Gasteiger charge is -2.21. The van der Waals surface area contributed by atoms with Crippen LogP contribution in [0.2, 0.25) is 0 Å². The highest BCUT2D eigenvalue weighted by atomic mass is 32.2. The van der Waals surface area contributed by atoms with Gasteiger partial charge in [0.15, 0.2) is 0 Å². The summed E-state index contributed by atoms with van der Waals surface area (Å²) in [6, 6.07) is 11.1. The summed E-state index contributed by atoms with van der Waals surface area (Å²) in [5.74, 6) is 0.610. The number of hydrogen-bond donors (Lipinski definition) is 0. The van der Waals surface area contributed by atoms with Crippen LogP contribution in [0.4, 0.5) is 0 Å². The van der Waals surface area contributed by atoms with E-state index in [9.17, 15) is 8.42 Å². The molecule has 0 saturated heterocycles. The van der Waals surface area contributed by atoms with Crippen molar-refractivity contribution in [3.63, 3.8) is 0 Å². The maximum atomic E-state index is 12.0. The minimum atomic E-state index is -3.43. The molecule has 1 aliphatic heterocycles. The predicted molar refractivity (Wildman–Crippen MR) is 80.5 cm³/mol. The van der Waals surface area contributed by atoms with Gasteiger partial charge in [0, 0.05) is 6.42 Å². The van der Waals surface area contributed by atoms with E-state index < -0.39 is 10.0 Å². The van der Waals surface area contributed by atoms with Crippen molar-refractivity contribution in [1.82, 2.24) is 4.41 Å². The van der Waals surface area contributed by atoms with Crippen LogP contribution >= 0.6 is 0 Å². The number of benzene rings is 1. The number of rotatable bonds is 3. The van der Waals surface area contributed by atoms with Crippen molar-refractivity contribution in [3.8, 4) is 0 Å². The zero-order valence-corrected chi connectivity index (χ0v) is 12.7. The van der Waals surface area contributed by atoms with E-state index in [4.69, 9.17) is 4.42 Å². The monoisotopic (exact) mass is 304 g/mol. The van der Waals surface area contributed by atoms with Crippen LogP contribution in [-0.2, 0) is 10.0 Å². The molecule has 0 radical (unpaired) electrons. The van der Waals surface area contributed by atoms with Crippen molar-refractivity contribution >= 4 is 15.7 Å². The summed E-state index contributed by atoms with van der Waals surface area (Å²) in [5.41, 5.74) is 2.68. The SMILES string of the molecule is Cc1cccc([C@@H]2CC(c3ccco3)=NN2S(C)(=O)=O)c1. The second-order valence-corrected chi connectivity index (χ2v) is 7.03. The summed E-state index contributed by atoms with van der Waals surface area (Å²) < 4.78 is 30.5. The van der Waals surface area contributed by atoms with Crippen molar-refractivity contribution < 1.29 is 12.8 Å². The molecular formula is C15H16N2O3S. The van der Waals surface area contributed by atoms with Gasteiger partial charge >= 0.3 is 0 Å². The normalized spacial score (nSPS) is 18.9. The third-order valence-electron chi connectivity index (χ3n) is 3.44. The van der Waals surface area contributed by atoms with Crippen molar-refractivity contribution in [2.24, 2.45) is 5.10 Å². The minimum Gasteiger partial charge on any atom is -0.463 e. The van der Waals surface area contributed by atoms with E-state index in [2.05, 4.69) is 5.10 Å². The molecule has 0 spiro atoms. The van der Waals surface area contributed by atoms with E-state index in [1.807, 2.05) is 31.2 Å². The molecule has 1 atom stereocenters. The summed E-state index contributed by atoms with van der Waals surface area (Å²) in [6.07, 6.45) is 3.23. The number of hydrazone groups is 1. The van der Waals surface area contributed by atoms with E-state index in [0.717, 1.165) is 11.1 Å². The van der Waals surface area contributed by atoms with Crippen LogP contribution in [0, 0.1) is 6.92 Å². The molecule has 0 unspecified atom stereocenters. The van der Waals surface area contributed by atoms with Crippen LogP contribution in [0.3, 0.4) is 0 Å². The van der Waals surface area contributed by atoms with Crippen LogP contribution in [0.25, 0.3) is 0 Å². The summed E-state index contributed by atoms with van der Waals surface area (Å²) >= 11 is 0. The molecule has 0 fully saturated rings. The first-order valence-electron chi connectivity index (χ1n) is 6.62. The van der Waals surface area contributed by atoms with Crippen molar-refractivity contribution in [1.29, 1.82) is 0 Å². The highest BCUT2D eigenvalue weighted by Crippen LogP contribution is 2.34. The molecule has 0 aliphatic carbocycles. The average Bonchev–Trinajstić information content (AvgIpc) is 3.07. The fourth-order valence-corrected chi connectivity index (χ4v) is 3.42. The van der Waals surface area contributed by atoms with Gasteiger partial charge in [-0.2, -0.15) is 9.52 Å².